The summed E-state index contributed by atoms with van der Waals surface area (Å²) in [4.78, 5) is 4.28. The van der Waals surface area contributed by atoms with E-state index in [-0.39, 0.29) is 0 Å². The van der Waals surface area contributed by atoms with Gasteiger partial charge in [0.1, 0.15) is 0 Å². The molecule has 0 aliphatic heterocycles. The maximum atomic E-state index is 5.80. The first-order chi connectivity index (χ1) is 7.74. The van der Waals surface area contributed by atoms with Gasteiger partial charge in [0, 0.05) is 12.1 Å². The maximum absolute atomic E-state index is 5.80. The highest BCUT2D eigenvalue weighted by atomic mass is 16.5. The predicted molar refractivity (Wildman–Crippen MR) is 62.9 cm³/mol. The third-order valence-electron chi connectivity index (χ3n) is 2.75. The summed E-state index contributed by atoms with van der Waals surface area (Å²) >= 11 is 0. The Hall–Kier alpha value is -1.84. The number of hydrogen-bond acceptors (Lipinski definition) is 4. The molecule has 2 N–H and O–H groups in total. The minimum atomic E-state index is 0.318. The second-order valence-corrected chi connectivity index (χ2v) is 3.83. The molecule has 0 spiro atoms. The van der Waals surface area contributed by atoms with Gasteiger partial charge in [-0.05, 0) is 18.6 Å². The molecule has 0 aromatic carbocycles. The molecule has 84 valence electrons. The van der Waals surface area contributed by atoms with Crippen LogP contribution in [0.3, 0.4) is 0 Å². The van der Waals surface area contributed by atoms with Gasteiger partial charge in [-0.25, -0.2) is 0 Å². The van der Waals surface area contributed by atoms with Crippen molar-refractivity contribution in [3.8, 4) is 11.3 Å². The molecule has 0 aliphatic carbocycles. The van der Waals surface area contributed by atoms with Gasteiger partial charge in [0.15, 0.2) is 0 Å². The van der Waals surface area contributed by atoms with E-state index in [2.05, 4.69) is 24.0 Å². The smallest absolute Gasteiger partial charge is 0.231 e. The number of nitrogens with zero attached hydrogens (tertiary/aromatic N) is 2. The SMILES string of the molecule is CCC(C)c1noc(N)c1-c1ccccn1. The molecule has 4 heteroatoms. The van der Waals surface area contributed by atoms with E-state index >= 15 is 0 Å². The van der Waals surface area contributed by atoms with Gasteiger partial charge in [0.2, 0.25) is 5.88 Å². The van der Waals surface area contributed by atoms with E-state index in [1.54, 1.807) is 6.20 Å². The van der Waals surface area contributed by atoms with Gasteiger partial charge in [-0.1, -0.05) is 25.1 Å². The molecule has 1 atom stereocenters. The predicted octanol–water partition coefficient (Wildman–Crippen LogP) is 2.83. The van der Waals surface area contributed by atoms with Crippen LogP contribution in [-0.4, -0.2) is 10.1 Å². The van der Waals surface area contributed by atoms with Crippen LogP contribution in [0.2, 0.25) is 0 Å². The normalized spacial score (nSPS) is 12.6. The zero-order valence-electron chi connectivity index (χ0n) is 9.47. The van der Waals surface area contributed by atoms with E-state index in [9.17, 15) is 0 Å². The summed E-state index contributed by atoms with van der Waals surface area (Å²) in [6.45, 7) is 4.21. The number of aromatic nitrogens is 2. The number of hydrogen-bond donors (Lipinski definition) is 1. The number of rotatable bonds is 3. The molecule has 0 saturated heterocycles. The fourth-order valence-corrected chi connectivity index (χ4v) is 1.61. The van der Waals surface area contributed by atoms with Gasteiger partial charge in [-0.2, -0.15) is 0 Å². The number of nitrogens with two attached hydrogens (primary N) is 1. The van der Waals surface area contributed by atoms with Crippen molar-refractivity contribution in [2.45, 2.75) is 26.2 Å². The molecule has 0 amide bonds. The molecule has 0 saturated carbocycles. The van der Waals surface area contributed by atoms with Crippen molar-refractivity contribution in [2.24, 2.45) is 0 Å². The lowest BCUT2D eigenvalue weighted by Crippen LogP contribution is -1.96. The topological polar surface area (TPSA) is 64.9 Å². The highest BCUT2D eigenvalue weighted by Crippen LogP contribution is 2.33. The minimum Gasteiger partial charge on any atom is -0.367 e. The van der Waals surface area contributed by atoms with Gasteiger partial charge in [0.05, 0.1) is 17.0 Å². The van der Waals surface area contributed by atoms with Crippen molar-refractivity contribution >= 4 is 5.88 Å². The van der Waals surface area contributed by atoms with E-state index in [1.165, 1.54) is 0 Å². The molecular weight excluding hydrogens is 202 g/mol. The van der Waals surface area contributed by atoms with Gasteiger partial charge in [0.25, 0.3) is 0 Å². The Morgan fingerprint density at radius 2 is 2.25 bits per heavy atom. The molecule has 1 unspecified atom stereocenters. The molecule has 2 aromatic rings. The Balaban J connectivity index is 2.52. The van der Waals surface area contributed by atoms with Gasteiger partial charge < -0.3 is 10.3 Å². The minimum absolute atomic E-state index is 0.318. The van der Waals surface area contributed by atoms with Gasteiger partial charge >= 0.3 is 0 Å². The van der Waals surface area contributed by atoms with Crippen molar-refractivity contribution < 1.29 is 4.52 Å². The molecule has 4 nitrogen and oxygen atoms in total. The Kier molecular flexibility index (Phi) is 2.90. The van der Waals surface area contributed by atoms with Crippen LogP contribution in [0.4, 0.5) is 5.88 Å². The lowest BCUT2D eigenvalue weighted by molar-refractivity contribution is 0.421. The molecule has 16 heavy (non-hydrogen) atoms. The number of nitrogen functional groups attached to an aromatic ring is 1. The van der Waals surface area contributed by atoms with E-state index in [0.717, 1.165) is 23.4 Å². The maximum Gasteiger partial charge on any atom is 0.231 e. The third kappa shape index (κ3) is 1.78. The Morgan fingerprint density at radius 3 is 2.88 bits per heavy atom. The molecule has 0 radical (unpaired) electrons. The van der Waals surface area contributed by atoms with Crippen molar-refractivity contribution in [3.05, 3.63) is 30.1 Å². The van der Waals surface area contributed by atoms with Crippen LogP contribution in [0, 0.1) is 0 Å². The van der Waals surface area contributed by atoms with E-state index in [4.69, 9.17) is 10.3 Å². The molecule has 2 heterocycles. The average molecular weight is 217 g/mol. The summed E-state index contributed by atoms with van der Waals surface area (Å²) in [6, 6.07) is 5.71. The standard InChI is InChI=1S/C12H15N3O/c1-3-8(2)11-10(12(13)16-15-11)9-6-4-5-7-14-9/h4-8H,3,13H2,1-2H3. The fourth-order valence-electron chi connectivity index (χ4n) is 1.61. The van der Waals surface area contributed by atoms with Crippen molar-refractivity contribution in [2.75, 3.05) is 5.73 Å². The second-order valence-electron chi connectivity index (χ2n) is 3.83. The van der Waals surface area contributed by atoms with Crippen LogP contribution in [0.25, 0.3) is 11.3 Å². The van der Waals surface area contributed by atoms with Crippen LogP contribution < -0.4 is 5.73 Å². The molecule has 0 aliphatic rings. The summed E-state index contributed by atoms with van der Waals surface area (Å²) in [5, 5.41) is 4.02. The van der Waals surface area contributed by atoms with Crippen LogP contribution in [0.5, 0.6) is 0 Å². The zero-order chi connectivity index (χ0) is 11.5. The van der Waals surface area contributed by atoms with Crippen LogP contribution in [0.15, 0.2) is 28.9 Å². The van der Waals surface area contributed by atoms with Crippen molar-refractivity contribution in [1.29, 1.82) is 0 Å². The molecule has 0 fully saturated rings. The first-order valence-corrected chi connectivity index (χ1v) is 5.40. The van der Waals surface area contributed by atoms with E-state index in [0.29, 0.717) is 11.8 Å². The van der Waals surface area contributed by atoms with Crippen LogP contribution in [0.1, 0.15) is 31.9 Å². The summed E-state index contributed by atoms with van der Waals surface area (Å²) in [5.74, 6) is 0.659. The number of pyridine rings is 1. The van der Waals surface area contributed by atoms with Crippen molar-refractivity contribution in [1.82, 2.24) is 10.1 Å². The molecule has 2 aromatic heterocycles. The first kappa shape index (κ1) is 10.7. The van der Waals surface area contributed by atoms with Gasteiger partial charge in [-0.3, -0.25) is 4.98 Å². The zero-order valence-corrected chi connectivity index (χ0v) is 9.47. The lowest BCUT2D eigenvalue weighted by atomic mass is 9.99. The molecule has 0 bridgehead atoms. The van der Waals surface area contributed by atoms with Crippen molar-refractivity contribution in [3.63, 3.8) is 0 Å². The van der Waals surface area contributed by atoms with Crippen LogP contribution in [-0.2, 0) is 0 Å². The Bertz CT molecular complexity index is 464. The van der Waals surface area contributed by atoms with Crippen LogP contribution >= 0.6 is 0 Å². The molecule has 2 rings (SSSR count). The lowest BCUT2D eigenvalue weighted by Gasteiger charge is -2.06. The largest absolute Gasteiger partial charge is 0.367 e. The Morgan fingerprint density at radius 1 is 1.44 bits per heavy atom. The first-order valence-electron chi connectivity index (χ1n) is 5.40. The quantitative estimate of drug-likeness (QED) is 0.858. The monoisotopic (exact) mass is 217 g/mol. The Labute approximate surface area is 94.5 Å². The highest BCUT2D eigenvalue weighted by molar-refractivity contribution is 5.72. The molecular formula is C12H15N3O. The summed E-state index contributed by atoms with van der Waals surface area (Å²) in [7, 11) is 0. The fraction of sp³-hybridized carbons (Fsp3) is 0.333. The summed E-state index contributed by atoms with van der Waals surface area (Å²) in [5.41, 5.74) is 8.33. The highest BCUT2D eigenvalue weighted by Gasteiger charge is 2.20. The summed E-state index contributed by atoms with van der Waals surface area (Å²) in [6.07, 6.45) is 2.73. The third-order valence-corrected chi connectivity index (χ3v) is 2.75. The second kappa shape index (κ2) is 4.35. The van der Waals surface area contributed by atoms with E-state index in [1.807, 2.05) is 18.2 Å². The average Bonchev–Trinajstić information content (AvgIpc) is 2.71. The van der Waals surface area contributed by atoms with Gasteiger partial charge in [-0.15, -0.1) is 0 Å². The number of anilines is 1. The summed E-state index contributed by atoms with van der Waals surface area (Å²) < 4.78 is 5.06. The van der Waals surface area contributed by atoms with E-state index < -0.39 is 0 Å².